The number of nitrogens with one attached hydrogen (secondary N) is 2. The first-order chi connectivity index (χ1) is 36.4. The van der Waals surface area contributed by atoms with Gasteiger partial charge in [0, 0.05) is 38.8 Å². The summed E-state index contributed by atoms with van der Waals surface area (Å²) in [6, 6.07) is 20.5. The van der Waals surface area contributed by atoms with Crippen molar-refractivity contribution < 1.29 is 67.8 Å². The summed E-state index contributed by atoms with van der Waals surface area (Å²) in [5.41, 5.74) is 2.76. The lowest BCUT2D eigenvalue weighted by molar-refractivity contribution is -0.152. The van der Waals surface area contributed by atoms with Gasteiger partial charge in [-0.25, -0.2) is 9.59 Å². The van der Waals surface area contributed by atoms with Gasteiger partial charge in [0.25, 0.3) is 0 Å². The van der Waals surface area contributed by atoms with Crippen LogP contribution in [0.15, 0.2) is 78.9 Å². The highest BCUT2D eigenvalue weighted by atomic mass is 16.5. The van der Waals surface area contributed by atoms with Crippen LogP contribution < -0.4 is 10.6 Å². The molecule has 410 valence electrons. The van der Waals surface area contributed by atoms with Crippen LogP contribution in [-0.2, 0) is 71.9 Å². The number of likely N-dealkylation sites (tertiary alicyclic amines) is 2. The van der Waals surface area contributed by atoms with Crippen LogP contribution in [0, 0.1) is 11.8 Å². The number of rotatable bonds is 23. The standard InChI is InChI=1S/C32H42N2O7.C25H36N2O7/c1-39-32(38)28-20-27(41-18-17-40-22-24-9-4-2-5-10-24)21-34(28)31(37)30(25-12-6-3-7-13-25)33-29(36)16-15-23-11-8-14-26(35)19-23;1-33-25(32)21-15-20(34-13-12-28)16-27(21)24(31)23(18-7-3-2-4-8-18)26-22(30)11-10-17-6-5-9-19(29)14-17/h2,4-5,8-11,14,19,25,27-28,30,35H,3,6-7,12-13,15-18,20-22H2,1H3,(H,33,36);5-6,9,14,18,20-21,23,28-29H,2-4,7-8,10-13,15-16H2,1H3,(H,26,30)/t27-,28+,30+;20-,21+,23+/m11/s1. The van der Waals surface area contributed by atoms with Gasteiger partial charge >= 0.3 is 11.9 Å². The smallest absolute Gasteiger partial charge is 0.328 e. The highest BCUT2D eigenvalue weighted by molar-refractivity contribution is 5.92. The van der Waals surface area contributed by atoms with E-state index >= 15 is 0 Å². The second-order valence-electron chi connectivity index (χ2n) is 20.0. The van der Waals surface area contributed by atoms with Gasteiger partial charge < -0.3 is 59.4 Å². The van der Waals surface area contributed by atoms with Crippen LogP contribution >= 0.6 is 0 Å². The Morgan fingerprint density at radius 1 is 0.573 bits per heavy atom. The Balaban J connectivity index is 0.000000248. The zero-order valence-electron chi connectivity index (χ0n) is 43.6. The fourth-order valence-corrected chi connectivity index (χ4v) is 10.8. The minimum Gasteiger partial charge on any atom is -0.508 e. The quantitative estimate of drug-likeness (QED) is 0.0598. The maximum absolute atomic E-state index is 14.0. The molecule has 6 atom stereocenters. The molecule has 3 aromatic carbocycles. The predicted molar refractivity (Wildman–Crippen MR) is 277 cm³/mol. The maximum Gasteiger partial charge on any atom is 0.328 e. The van der Waals surface area contributed by atoms with Crippen molar-refractivity contribution in [2.24, 2.45) is 11.8 Å². The number of aromatic hydroxyl groups is 2. The number of benzene rings is 3. The molecule has 2 heterocycles. The number of aliphatic hydroxyl groups excluding tert-OH is 1. The molecule has 18 nitrogen and oxygen atoms in total. The van der Waals surface area contributed by atoms with Crippen LogP contribution in [0.1, 0.15) is 107 Å². The number of carbonyl (C=O) groups is 6. The zero-order chi connectivity index (χ0) is 53.5. The molecular weight excluding hydrogens is 965 g/mol. The van der Waals surface area contributed by atoms with E-state index in [-0.39, 0.29) is 98.3 Å². The molecule has 0 aromatic heterocycles. The molecule has 0 bridgehead atoms. The molecule has 0 unspecified atom stereocenters. The van der Waals surface area contributed by atoms with Crippen molar-refractivity contribution >= 4 is 35.6 Å². The first kappa shape index (κ1) is 58.2. The number of amides is 4. The van der Waals surface area contributed by atoms with E-state index in [1.165, 1.54) is 24.0 Å². The maximum atomic E-state index is 14.0. The summed E-state index contributed by atoms with van der Waals surface area (Å²) in [6.07, 6.45) is 10.8. The van der Waals surface area contributed by atoms with Gasteiger partial charge in [-0.1, -0.05) is 93.1 Å². The van der Waals surface area contributed by atoms with Crippen molar-refractivity contribution in [3.05, 3.63) is 95.6 Å². The number of methoxy groups -OCH3 is 2. The first-order valence-corrected chi connectivity index (χ1v) is 26.7. The number of hydrogen-bond acceptors (Lipinski definition) is 14. The predicted octanol–water partition coefficient (Wildman–Crippen LogP) is 5.31. The molecule has 75 heavy (non-hydrogen) atoms. The van der Waals surface area contributed by atoms with Gasteiger partial charge in [0.05, 0.1) is 59.5 Å². The number of nitrogens with zero attached hydrogens (tertiary/aromatic N) is 2. The normalized spacial score (nSPS) is 20.8. The molecule has 4 fully saturated rings. The lowest BCUT2D eigenvalue weighted by Gasteiger charge is -2.34. The Morgan fingerprint density at radius 2 is 1.01 bits per heavy atom. The van der Waals surface area contributed by atoms with Crippen LogP contribution in [0.2, 0.25) is 0 Å². The number of phenols is 2. The van der Waals surface area contributed by atoms with Crippen LogP contribution in [0.5, 0.6) is 11.5 Å². The third kappa shape index (κ3) is 18.0. The Kier molecular flexibility index (Phi) is 23.6. The van der Waals surface area contributed by atoms with Gasteiger partial charge in [0.1, 0.15) is 35.7 Å². The molecule has 5 N–H and O–H groups in total. The SMILES string of the molecule is COC(=O)[C@@H]1C[C@@H](OCCO)CN1C(=O)[C@@H](NC(=O)CCc1cccc(O)c1)C1CCCCC1.COC(=O)[C@@H]1C[C@@H](OCCOCc2ccccc2)CN1C(=O)[C@@H](NC(=O)CCc1cccc(O)c1)C1CCCCC1. The summed E-state index contributed by atoms with van der Waals surface area (Å²) >= 11 is 0. The van der Waals surface area contributed by atoms with Crippen molar-refractivity contribution in [3.8, 4) is 11.5 Å². The molecule has 3 aromatic rings. The van der Waals surface area contributed by atoms with Crippen molar-refractivity contribution in [2.75, 3.05) is 53.7 Å². The Hall–Kier alpha value is -6.08. The highest BCUT2D eigenvalue weighted by Gasteiger charge is 2.46. The fourth-order valence-electron chi connectivity index (χ4n) is 10.8. The number of hydrogen-bond donors (Lipinski definition) is 5. The number of aliphatic hydroxyl groups is 1. The average molecular weight is 1040 g/mol. The van der Waals surface area contributed by atoms with E-state index in [1.807, 2.05) is 42.5 Å². The summed E-state index contributed by atoms with van der Waals surface area (Å²) in [5.74, 6) is -1.71. The molecule has 7 rings (SSSR count). The summed E-state index contributed by atoms with van der Waals surface area (Å²) < 4.78 is 27.3. The topological polar surface area (TPSA) is 240 Å². The van der Waals surface area contributed by atoms with Gasteiger partial charge in [-0.15, -0.1) is 0 Å². The number of esters is 2. The second kappa shape index (κ2) is 30.5. The largest absolute Gasteiger partial charge is 0.508 e. The zero-order valence-corrected chi connectivity index (χ0v) is 43.6. The van der Waals surface area contributed by atoms with Crippen molar-refractivity contribution in [1.29, 1.82) is 0 Å². The third-order valence-corrected chi connectivity index (χ3v) is 14.7. The van der Waals surface area contributed by atoms with Gasteiger partial charge in [-0.3, -0.25) is 19.2 Å². The molecule has 0 radical (unpaired) electrons. The first-order valence-electron chi connectivity index (χ1n) is 26.7. The van der Waals surface area contributed by atoms with E-state index in [1.54, 1.807) is 36.4 Å². The average Bonchev–Trinajstić information content (AvgIpc) is 4.07. The summed E-state index contributed by atoms with van der Waals surface area (Å²) in [7, 11) is 2.60. The van der Waals surface area contributed by atoms with Gasteiger partial charge in [-0.2, -0.15) is 0 Å². The fraction of sp³-hybridized carbons (Fsp3) is 0.579. The molecule has 2 aliphatic heterocycles. The molecular formula is C57H78N4O14. The summed E-state index contributed by atoms with van der Waals surface area (Å²) in [6.45, 7) is 1.65. The lowest BCUT2D eigenvalue weighted by atomic mass is 9.83. The van der Waals surface area contributed by atoms with E-state index in [4.69, 9.17) is 28.8 Å². The molecule has 18 heteroatoms. The van der Waals surface area contributed by atoms with Gasteiger partial charge in [-0.05, 0) is 91.3 Å². The van der Waals surface area contributed by atoms with E-state index in [0.29, 0.717) is 45.5 Å². The number of aryl methyl sites for hydroxylation is 2. The number of phenolic OH excluding ortho intramolecular Hbond substituents is 2. The third-order valence-electron chi connectivity index (χ3n) is 14.7. The number of carbonyl (C=O) groups excluding carboxylic acids is 6. The molecule has 0 spiro atoms. The monoisotopic (exact) mass is 1040 g/mol. The van der Waals surface area contributed by atoms with Crippen molar-refractivity contribution in [3.63, 3.8) is 0 Å². The molecule has 2 saturated carbocycles. The van der Waals surface area contributed by atoms with Gasteiger partial charge in [0.15, 0.2) is 0 Å². The summed E-state index contributed by atoms with van der Waals surface area (Å²) in [5, 5.41) is 34.4. The van der Waals surface area contributed by atoms with E-state index < -0.39 is 36.1 Å². The van der Waals surface area contributed by atoms with E-state index in [2.05, 4.69) is 10.6 Å². The lowest BCUT2D eigenvalue weighted by Crippen LogP contribution is -2.55. The molecule has 4 aliphatic rings. The van der Waals surface area contributed by atoms with Crippen LogP contribution in [-0.4, -0.2) is 151 Å². The minimum atomic E-state index is -0.781. The van der Waals surface area contributed by atoms with Crippen LogP contribution in [0.25, 0.3) is 0 Å². The second-order valence-corrected chi connectivity index (χ2v) is 20.0. The molecule has 4 amide bonds. The molecule has 2 saturated heterocycles. The van der Waals surface area contributed by atoms with E-state index in [9.17, 15) is 39.0 Å². The van der Waals surface area contributed by atoms with Crippen molar-refractivity contribution in [1.82, 2.24) is 20.4 Å². The Bertz CT molecular complexity index is 2290. The number of ether oxygens (including phenoxy) is 5. The minimum absolute atomic E-state index is 0.00155. The van der Waals surface area contributed by atoms with E-state index in [0.717, 1.165) is 80.9 Å². The Morgan fingerprint density at radius 3 is 1.44 bits per heavy atom. The van der Waals surface area contributed by atoms with Crippen molar-refractivity contribution in [2.45, 2.75) is 146 Å². The van der Waals surface area contributed by atoms with Crippen LogP contribution in [0.3, 0.4) is 0 Å². The Labute approximate surface area is 440 Å². The van der Waals surface area contributed by atoms with Gasteiger partial charge in [0.2, 0.25) is 23.6 Å². The highest BCUT2D eigenvalue weighted by Crippen LogP contribution is 2.32. The van der Waals surface area contributed by atoms with Crippen LogP contribution in [0.4, 0.5) is 0 Å². The molecule has 2 aliphatic carbocycles. The summed E-state index contributed by atoms with van der Waals surface area (Å²) in [4.78, 5) is 81.8.